The summed E-state index contributed by atoms with van der Waals surface area (Å²) in [6.45, 7) is 1.25. The van der Waals surface area contributed by atoms with Crippen LogP contribution in [-0.4, -0.2) is 39.0 Å². The number of carbonyl (C=O) groups is 2. The van der Waals surface area contributed by atoms with Gasteiger partial charge in [-0.05, 0) is 18.2 Å². The van der Waals surface area contributed by atoms with Crippen LogP contribution in [0.4, 0.5) is 0 Å². The Morgan fingerprint density at radius 3 is 2.35 bits per heavy atom. The Hall–Kier alpha value is -2.57. The van der Waals surface area contributed by atoms with E-state index in [9.17, 15) is 9.59 Å². The number of oxime groups is 1. The quantitative estimate of drug-likeness (QED) is 0.348. The fourth-order valence-corrected chi connectivity index (χ4v) is 1.45. The van der Waals surface area contributed by atoms with Crippen molar-refractivity contribution < 1.29 is 28.6 Å². The molecule has 0 atom stereocenters. The molecule has 0 aliphatic carbocycles. The maximum atomic E-state index is 11.7. The van der Waals surface area contributed by atoms with Crippen molar-refractivity contribution in [2.45, 2.75) is 6.92 Å². The van der Waals surface area contributed by atoms with Crippen LogP contribution in [0, 0.1) is 0 Å². The number of carbonyl (C=O) groups excluding carboxylic acids is 2. The van der Waals surface area contributed by atoms with Gasteiger partial charge in [-0.3, -0.25) is 4.79 Å². The standard InChI is InChI=1S/C13H15NO6/c1-8(15)20-11-6-5-9(17-2)7-10(11)12(14-19-4)13(16)18-3/h5-7H,1-4H3/b14-12-. The number of benzene rings is 1. The lowest BCUT2D eigenvalue weighted by molar-refractivity contribution is -0.133. The number of esters is 2. The van der Waals surface area contributed by atoms with Crippen molar-refractivity contribution in [2.75, 3.05) is 21.3 Å². The third-order valence-corrected chi connectivity index (χ3v) is 2.26. The van der Waals surface area contributed by atoms with E-state index in [1.165, 1.54) is 40.4 Å². The average Bonchev–Trinajstić information content (AvgIpc) is 2.44. The highest BCUT2D eigenvalue weighted by Crippen LogP contribution is 2.25. The SMILES string of the molecule is CO/N=C(\C(=O)OC)c1cc(OC)ccc1OC(C)=O. The first-order chi connectivity index (χ1) is 9.53. The Morgan fingerprint density at radius 2 is 1.85 bits per heavy atom. The van der Waals surface area contributed by atoms with Gasteiger partial charge in [-0.25, -0.2) is 4.79 Å². The van der Waals surface area contributed by atoms with Crippen molar-refractivity contribution in [1.29, 1.82) is 0 Å². The molecule has 0 N–H and O–H groups in total. The molecule has 7 nitrogen and oxygen atoms in total. The predicted octanol–water partition coefficient (Wildman–Crippen LogP) is 1.14. The molecule has 108 valence electrons. The summed E-state index contributed by atoms with van der Waals surface area (Å²) in [6, 6.07) is 4.57. The predicted molar refractivity (Wildman–Crippen MR) is 69.9 cm³/mol. The Morgan fingerprint density at radius 1 is 1.15 bits per heavy atom. The van der Waals surface area contributed by atoms with Gasteiger partial charge in [-0.2, -0.15) is 0 Å². The zero-order valence-corrected chi connectivity index (χ0v) is 11.6. The van der Waals surface area contributed by atoms with Gasteiger partial charge in [-0.1, -0.05) is 5.16 Å². The number of nitrogens with zero attached hydrogens (tertiary/aromatic N) is 1. The Balaban J connectivity index is 3.39. The highest BCUT2D eigenvalue weighted by atomic mass is 16.6. The number of hydrogen-bond acceptors (Lipinski definition) is 7. The van der Waals surface area contributed by atoms with Crippen molar-refractivity contribution in [1.82, 2.24) is 0 Å². The summed E-state index contributed by atoms with van der Waals surface area (Å²) in [7, 11) is 3.96. The second-order valence-corrected chi connectivity index (χ2v) is 3.57. The van der Waals surface area contributed by atoms with Gasteiger partial charge >= 0.3 is 11.9 Å². The van der Waals surface area contributed by atoms with Gasteiger partial charge < -0.3 is 19.0 Å². The number of ether oxygens (including phenoxy) is 3. The van der Waals surface area contributed by atoms with Gasteiger partial charge in [0.2, 0.25) is 0 Å². The van der Waals surface area contributed by atoms with E-state index in [1.807, 2.05) is 0 Å². The number of hydrogen-bond donors (Lipinski definition) is 0. The minimum absolute atomic E-state index is 0.134. The number of rotatable bonds is 5. The minimum Gasteiger partial charge on any atom is -0.497 e. The molecule has 0 aromatic heterocycles. The van der Waals surface area contributed by atoms with E-state index in [-0.39, 0.29) is 17.0 Å². The highest BCUT2D eigenvalue weighted by molar-refractivity contribution is 6.43. The molecule has 0 aliphatic rings. The molecule has 0 spiro atoms. The topological polar surface area (TPSA) is 83.4 Å². The molecule has 0 amide bonds. The molecule has 1 aromatic rings. The van der Waals surface area contributed by atoms with Crippen LogP contribution in [0.1, 0.15) is 12.5 Å². The fourth-order valence-electron chi connectivity index (χ4n) is 1.45. The van der Waals surface area contributed by atoms with E-state index >= 15 is 0 Å². The normalized spacial score (nSPS) is 10.7. The number of methoxy groups -OCH3 is 2. The monoisotopic (exact) mass is 281 g/mol. The van der Waals surface area contributed by atoms with E-state index in [2.05, 4.69) is 14.7 Å². The first-order valence-electron chi connectivity index (χ1n) is 5.59. The van der Waals surface area contributed by atoms with Crippen LogP contribution in [0.2, 0.25) is 0 Å². The Bertz CT molecular complexity index is 538. The smallest absolute Gasteiger partial charge is 0.360 e. The summed E-state index contributed by atoms with van der Waals surface area (Å²) in [6.07, 6.45) is 0. The van der Waals surface area contributed by atoms with Crippen molar-refractivity contribution in [3.05, 3.63) is 23.8 Å². The van der Waals surface area contributed by atoms with E-state index < -0.39 is 11.9 Å². The molecule has 0 saturated heterocycles. The molecule has 1 aromatic carbocycles. The van der Waals surface area contributed by atoms with Gasteiger partial charge in [0.1, 0.15) is 18.6 Å². The van der Waals surface area contributed by atoms with Crippen LogP contribution in [0.5, 0.6) is 11.5 Å². The Labute approximate surface area is 116 Å². The third-order valence-electron chi connectivity index (χ3n) is 2.26. The molecule has 20 heavy (non-hydrogen) atoms. The Kier molecular flexibility index (Phi) is 5.52. The molecule has 0 fully saturated rings. The maximum absolute atomic E-state index is 11.7. The third kappa shape index (κ3) is 3.71. The van der Waals surface area contributed by atoms with Crippen LogP contribution in [-0.2, 0) is 19.2 Å². The van der Waals surface area contributed by atoms with Gasteiger partial charge in [0.05, 0.1) is 19.8 Å². The van der Waals surface area contributed by atoms with Crippen molar-refractivity contribution in [3.63, 3.8) is 0 Å². The first kappa shape index (κ1) is 15.5. The van der Waals surface area contributed by atoms with Crippen LogP contribution in [0.25, 0.3) is 0 Å². The summed E-state index contributed by atoms with van der Waals surface area (Å²) in [5.41, 5.74) is 0.0957. The molecule has 0 radical (unpaired) electrons. The summed E-state index contributed by atoms with van der Waals surface area (Å²) in [5.74, 6) is -0.644. The lowest BCUT2D eigenvalue weighted by Crippen LogP contribution is -2.19. The fraction of sp³-hybridized carbons (Fsp3) is 0.308. The van der Waals surface area contributed by atoms with E-state index in [4.69, 9.17) is 9.47 Å². The summed E-state index contributed by atoms with van der Waals surface area (Å²) in [4.78, 5) is 27.4. The molecule has 0 heterocycles. The van der Waals surface area contributed by atoms with Gasteiger partial charge in [0.25, 0.3) is 0 Å². The molecule has 0 bridgehead atoms. The van der Waals surface area contributed by atoms with Gasteiger partial charge in [0, 0.05) is 6.92 Å². The van der Waals surface area contributed by atoms with Crippen LogP contribution < -0.4 is 9.47 Å². The van der Waals surface area contributed by atoms with Crippen LogP contribution >= 0.6 is 0 Å². The van der Waals surface area contributed by atoms with Crippen molar-refractivity contribution in [3.8, 4) is 11.5 Å². The molecule has 7 heteroatoms. The van der Waals surface area contributed by atoms with Gasteiger partial charge in [-0.15, -0.1) is 0 Å². The zero-order chi connectivity index (χ0) is 15.1. The molecule has 0 unspecified atom stereocenters. The lowest BCUT2D eigenvalue weighted by atomic mass is 10.1. The lowest BCUT2D eigenvalue weighted by Gasteiger charge is -2.11. The van der Waals surface area contributed by atoms with Crippen LogP contribution in [0.15, 0.2) is 23.4 Å². The highest BCUT2D eigenvalue weighted by Gasteiger charge is 2.22. The first-order valence-corrected chi connectivity index (χ1v) is 5.59. The van der Waals surface area contributed by atoms with E-state index in [0.29, 0.717) is 5.75 Å². The summed E-state index contributed by atoms with van der Waals surface area (Å²) >= 11 is 0. The molecule has 0 aliphatic heterocycles. The second kappa shape index (κ2) is 7.13. The minimum atomic E-state index is -0.728. The van der Waals surface area contributed by atoms with Crippen LogP contribution in [0.3, 0.4) is 0 Å². The summed E-state index contributed by atoms with van der Waals surface area (Å²) in [5, 5.41) is 3.60. The van der Waals surface area contributed by atoms with Crippen molar-refractivity contribution in [2.24, 2.45) is 5.16 Å². The van der Waals surface area contributed by atoms with Gasteiger partial charge in [0.15, 0.2) is 5.71 Å². The maximum Gasteiger partial charge on any atom is 0.360 e. The molecule has 1 rings (SSSR count). The zero-order valence-electron chi connectivity index (χ0n) is 11.6. The second-order valence-electron chi connectivity index (χ2n) is 3.57. The van der Waals surface area contributed by atoms with E-state index in [1.54, 1.807) is 6.07 Å². The largest absolute Gasteiger partial charge is 0.497 e. The average molecular weight is 281 g/mol. The molecular formula is C13H15NO6. The molecular weight excluding hydrogens is 266 g/mol. The summed E-state index contributed by atoms with van der Waals surface area (Å²) < 4.78 is 14.7. The van der Waals surface area contributed by atoms with Crippen molar-refractivity contribution >= 4 is 17.7 Å². The van der Waals surface area contributed by atoms with E-state index in [0.717, 1.165) is 0 Å². The molecule has 0 saturated carbocycles.